The monoisotopic (exact) mass is 1270 g/mol. The van der Waals surface area contributed by atoms with Gasteiger partial charge in [0.25, 0.3) is 23.6 Å². The Labute approximate surface area is 569 Å². The number of aryl methyl sites for hydroxylation is 2. The molecule has 464 valence electrons. The van der Waals surface area contributed by atoms with Crippen molar-refractivity contribution < 1.29 is 19.2 Å². The van der Waals surface area contributed by atoms with Crippen LogP contribution in [0.5, 0.6) is 0 Å². The number of hydrogen-bond acceptors (Lipinski definition) is 7. The van der Waals surface area contributed by atoms with E-state index in [9.17, 15) is 20.6 Å². The Balaban J connectivity index is 0.807. The number of nitriles is 3. The van der Waals surface area contributed by atoms with Crippen LogP contribution in [-0.4, -0.2) is 32.8 Å². The molecule has 0 aliphatic carbocycles. The van der Waals surface area contributed by atoms with E-state index in [1.54, 1.807) is 18.2 Å². The van der Waals surface area contributed by atoms with E-state index in [2.05, 4.69) is 88.0 Å². The second kappa shape index (κ2) is 23.3. The molecule has 0 saturated carbocycles. The molecule has 15 aromatic rings. The predicted octanol–water partition coefficient (Wildman–Crippen LogP) is 19.6. The average Bonchev–Trinajstić information content (AvgIpc) is 1.57. The van der Waals surface area contributed by atoms with E-state index in [1.807, 2.05) is 208 Å². The Bertz CT molecular complexity index is 6190. The highest BCUT2D eigenvalue weighted by Gasteiger charge is 2.42. The summed E-state index contributed by atoms with van der Waals surface area (Å²) >= 11 is 0. The van der Waals surface area contributed by atoms with Crippen LogP contribution >= 0.6 is 0 Å². The molecule has 0 N–H and O–H groups in total. The molecule has 0 radical (unpaired) electrons. The second-order valence-corrected chi connectivity index (χ2v) is 25.2. The third-order valence-corrected chi connectivity index (χ3v) is 19.6. The van der Waals surface area contributed by atoms with Crippen LogP contribution in [0.15, 0.2) is 273 Å². The molecule has 2 aromatic heterocycles. The maximum Gasteiger partial charge on any atom is 0.268 e. The molecule has 0 spiro atoms. The van der Waals surface area contributed by atoms with E-state index in [-0.39, 0.29) is 28.7 Å². The number of amides is 4. The molecule has 11 heteroatoms. The van der Waals surface area contributed by atoms with Crippen LogP contribution in [0.25, 0.3) is 111 Å². The quantitative estimate of drug-likeness (QED) is 0.117. The lowest BCUT2D eigenvalue weighted by molar-refractivity contribution is 0.0910. The molecule has 4 amide bonds. The Morgan fingerprint density at radius 2 is 0.697 bits per heavy atom. The van der Waals surface area contributed by atoms with Gasteiger partial charge in [0, 0.05) is 32.7 Å². The number of fused-ring (bicyclic) bond motifs is 8. The summed E-state index contributed by atoms with van der Waals surface area (Å²) in [4.78, 5) is 64.3. The summed E-state index contributed by atoms with van der Waals surface area (Å²) in [5.41, 5.74) is 19.7. The van der Waals surface area contributed by atoms with Crippen molar-refractivity contribution in [1.29, 1.82) is 15.8 Å². The van der Waals surface area contributed by atoms with Gasteiger partial charge in [-0.3, -0.25) is 19.2 Å². The number of aromatic nitrogens is 2. The van der Waals surface area contributed by atoms with Crippen molar-refractivity contribution in [2.24, 2.45) is 0 Å². The van der Waals surface area contributed by atoms with Gasteiger partial charge < -0.3 is 9.13 Å². The summed E-state index contributed by atoms with van der Waals surface area (Å²) in [6.45, 7) is 3.98. The van der Waals surface area contributed by atoms with Crippen LogP contribution < -0.4 is 9.80 Å². The number of carbonyl (C=O) groups is 4. The predicted molar refractivity (Wildman–Crippen MR) is 390 cm³/mol. The smallest absolute Gasteiger partial charge is 0.268 e. The zero-order valence-electron chi connectivity index (χ0n) is 53.5. The normalized spacial score (nSPS) is 12.6. The van der Waals surface area contributed by atoms with Gasteiger partial charge in [-0.1, -0.05) is 176 Å². The summed E-state index contributed by atoms with van der Waals surface area (Å²) in [5, 5.41) is 33.9. The molecule has 0 fully saturated rings. The maximum atomic E-state index is 15.8. The van der Waals surface area contributed by atoms with E-state index in [0.29, 0.717) is 45.0 Å². The summed E-state index contributed by atoms with van der Waals surface area (Å²) in [5.74, 6) is -1.83. The van der Waals surface area contributed by atoms with Gasteiger partial charge in [0.15, 0.2) is 0 Å². The fraction of sp³-hybridized carbons (Fsp3) is 0.0341. The standard InChI is InChI=1S/C88H53N7O4/c1-52-42-54(49-89)30-36-64(52)59-33-39-69-68-22-10-12-26-75(68)92(79(69)46-59)77-28-14-24-73-83(77)88(99)95(86(73)97)76-27-13-20-62(82(76)58-18-7-4-8-19-58)45-63-44-56(51-91)32-38-66(63)61-35-41-71-70-40-34-60(65-37-31-55(50-90)43-53(65)2)47-80(70)93(81(71)48-61)78-29-15-23-72-84(78)87(98)94(85(72)96)74-25-11-9-21-67(74)57-16-5-3-6-17-57/h3-44,46-48H,45H2,1-2H3. The van der Waals surface area contributed by atoms with Crippen molar-refractivity contribution in [1.82, 2.24) is 9.13 Å². The Morgan fingerprint density at radius 1 is 0.283 bits per heavy atom. The highest BCUT2D eigenvalue weighted by Crippen LogP contribution is 2.47. The van der Waals surface area contributed by atoms with Gasteiger partial charge >= 0.3 is 0 Å². The molecule has 2 aliphatic heterocycles. The zero-order chi connectivity index (χ0) is 67.3. The van der Waals surface area contributed by atoms with Crippen molar-refractivity contribution in [2.75, 3.05) is 9.80 Å². The van der Waals surface area contributed by atoms with Gasteiger partial charge in [-0.05, 0) is 184 Å². The average molecular weight is 1270 g/mol. The van der Waals surface area contributed by atoms with E-state index >= 15 is 14.4 Å². The van der Waals surface area contributed by atoms with Gasteiger partial charge in [-0.15, -0.1) is 0 Å². The van der Waals surface area contributed by atoms with Gasteiger partial charge in [-0.2, -0.15) is 15.8 Å². The summed E-state index contributed by atoms with van der Waals surface area (Å²) in [6.07, 6.45) is 0.261. The number of anilines is 2. The number of benzene rings is 13. The number of imide groups is 2. The van der Waals surface area contributed by atoms with Crippen LogP contribution in [-0.2, 0) is 6.42 Å². The number of carbonyl (C=O) groups excluding carboxylic acids is 4. The molecule has 13 aromatic carbocycles. The van der Waals surface area contributed by atoms with Crippen LogP contribution in [0.1, 0.15) is 80.4 Å². The topological polar surface area (TPSA) is 156 Å². The zero-order valence-corrected chi connectivity index (χ0v) is 53.5. The summed E-state index contributed by atoms with van der Waals surface area (Å²) in [6, 6.07) is 94.2. The largest absolute Gasteiger partial charge is 0.308 e. The summed E-state index contributed by atoms with van der Waals surface area (Å²) in [7, 11) is 0. The second-order valence-electron chi connectivity index (χ2n) is 25.2. The highest BCUT2D eigenvalue weighted by molar-refractivity contribution is 6.38. The number of para-hydroxylation sites is 2. The van der Waals surface area contributed by atoms with Crippen molar-refractivity contribution >= 4 is 78.6 Å². The molecule has 99 heavy (non-hydrogen) atoms. The third kappa shape index (κ3) is 9.39. The lowest BCUT2D eigenvalue weighted by atomic mass is 9.88. The Hall–Kier alpha value is -13.8. The Morgan fingerprint density at radius 3 is 1.24 bits per heavy atom. The number of nitrogens with zero attached hydrogens (tertiary/aromatic N) is 7. The van der Waals surface area contributed by atoms with Crippen molar-refractivity contribution in [3.63, 3.8) is 0 Å². The minimum atomic E-state index is -0.472. The van der Waals surface area contributed by atoms with Crippen molar-refractivity contribution in [2.45, 2.75) is 20.3 Å². The molecule has 17 rings (SSSR count). The first kappa shape index (κ1) is 59.0. The number of hydrogen-bond donors (Lipinski definition) is 0. The van der Waals surface area contributed by atoms with Crippen LogP contribution in [0.2, 0.25) is 0 Å². The summed E-state index contributed by atoms with van der Waals surface area (Å²) < 4.78 is 4.16. The first-order valence-corrected chi connectivity index (χ1v) is 32.5. The molecule has 4 heterocycles. The molecular weight excluding hydrogens is 1220 g/mol. The fourth-order valence-electron chi connectivity index (χ4n) is 15.2. The fourth-order valence-corrected chi connectivity index (χ4v) is 15.2. The number of rotatable bonds is 11. The minimum absolute atomic E-state index is 0.257. The molecule has 2 aliphatic rings. The van der Waals surface area contributed by atoms with E-state index in [1.165, 1.54) is 9.80 Å². The van der Waals surface area contributed by atoms with E-state index in [0.717, 1.165) is 116 Å². The maximum absolute atomic E-state index is 15.8. The molecule has 0 unspecified atom stereocenters. The molecule has 11 nitrogen and oxygen atoms in total. The van der Waals surface area contributed by atoms with E-state index in [4.69, 9.17) is 0 Å². The van der Waals surface area contributed by atoms with Crippen LogP contribution in [0.3, 0.4) is 0 Å². The van der Waals surface area contributed by atoms with Gasteiger partial charge in [-0.25, -0.2) is 9.80 Å². The molecule has 0 saturated heterocycles. The lowest BCUT2D eigenvalue weighted by Crippen LogP contribution is -2.30. The third-order valence-electron chi connectivity index (χ3n) is 19.6. The van der Waals surface area contributed by atoms with E-state index < -0.39 is 23.6 Å². The lowest BCUT2D eigenvalue weighted by Gasteiger charge is -2.22. The molecular formula is C88H53N7O4. The minimum Gasteiger partial charge on any atom is -0.308 e. The first-order valence-electron chi connectivity index (χ1n) is 32.5. The van der Waals surface area contributed by atoms with Crippen LogP contribution in [0.4, 0.5) is 11.4 Å². The highest BCUT2D eigenvalue weighted by atomic mass is 16.2. The van der Waals surface area contributed by atoms with Crippen molar-refractivity contribution in [3.05, 3.63) is 334 Å². The molecule has 0 atom stereocenters. The SMILES string of the molecule is Cc1cc(C#N)ccc1-c1ccc2c3ccc(-c4ccc(C#N)cc4Cc4cccc(N5C(=O)c6cccc(-n7c8ccccc8c8ccc(-c9ccc(C#N)cc9C)cc87)c6C5=O)c4-c4ccccc4)cc3n(-c3cccc4c3C(=O)N(c3ccccc3-c3ccccc3)C4=O)c2c1. The van der Waals surface area contributed by atoms with Gasteiger partial charge in [0.1, 0.15) is 0 Å². The Kier molecular flexibility index (Phi) is 13.9. The first-order chi connectivity index (χ1) is 48.5. The molecule has 0 bridgehead atoms. The van der Waals surface area contributed by atoms with Crippen molar-refractivity contribution in [3.8, 4) is 85.2 Å². The van der Waals surface area contributed by atoms with Gasteiger partial charge in [0.05, 0.1) is 102 Å². The van der Waals surface area contributed by atoms with Gasteiger partial charge in [0.2, 0.25) is 0 Å². The van der Waals surface area contributed by atoms with Crippen LogP contribution in [0, 0.1) is 47.8 Å².